The standard InChI is InChI=1S/C10H19NO3/c1-8(12)11-5-6-13-9(7-11)14-10(2,3)4/h9H,5-7H2,1-4H3/t9-/m0/s1. The lowest BCUT2D eigenvalue weighted by Gasteiger charge is -2.35. The molecule has 1 atom stereocenters. The van der Waals surface area contributed by atoms with Crippen molar-refractivity contribution in [1.29, 1.82) is 0 Å². The molecule has 1 fully saturated rings. The van der Waals surface area contributed by atoms with Crippen LogP contribution in [0, 0.1) is 0 Å². The molecule has 4 nitrogen and oxygen atoms in total. The van der Waals surface area contributed by atoms with Crippen LogP contribution in [0.3, 0.4) is 0 Å². The summed E-state index contributed by atoms with van der Waals surface area (Å²) in [6, 6.07) is 0. The molecule has 0 aromatic heterocycles. The molecule has 0 saturated carbocycles. The summed E-state index contributed by atoms with van der Waals surface area (Å²) >= 11 is 0. The predicted molar refractivity (Wildman–Crippen MR) is 52.8 cm³/mol. The van der Waals surface area contributed by atoms with Crippen molar-refractivity contribution in [2.24, 2.45) is 0 Å². The largest absolute Gasteiger partial charge is 0.349 e. The molecule has 4 heteroatoms. The van der Waals surface area contributed by atoms with Gasteiger partial charge >= 0.3 is 0 Å². The van der Waals surface area contributed by atoms with Gasteiger partial charge in [0.25, 0.3) is 0 Å². The average molecular weight is 201 g/mol. The first-order valence-electron chi connectivity index (χ1n) is 4.93. The maximum Gasteiger partial charge on any atom is 0.219 e. The van der Waals surface area contributed by atoms with E-state index >= 15 is 0 Å². The van der Waals surface area contributed by atoms with Crippen LogP contribution in [0.15, 0.2) is 0 Å². The number of nitrogens with zero attached hydrogens (tertiary/aromatic N) is 1. The first kappa shape index (κ1) is 11.5. The Bertz CT molecular complexity index is 210. The number of amides is 1. The summed E-state index contributed by atoms with van der Waals surface area (Å²) in [5, 5.41) is 0. The summed E-state index contributed by atoms with van der Waals surface area (Å²) in [7, 11) is 0. The van der Waals surface area contributed by atoms with Crippen molar-refractivity contribution in [2.75, 3.05) is 19.7 Å². The van der Waals surface area contributed by atoms with Gasteiger partial charge in [0.05, 0.1) is 18.8 Å². The van der Waals surface area contributed by atoms with Crippen LogP contribution in [0.2, 0.25) is 0 Å². The molecule has 14 heavy (non-hydrogen) atoms. The maximum absolute atomic E-state index is 11.1. The summed E-state index contributed by atoms with van der Waals surface area (Å²) in [4.78, 5) is 12.9. The summed E-state index contributed by atoms with van der Waals surface area (Å²) in [6.07, 6.45) is -0.285. The molecule has 0 bridgehead atoms. The van der Waals surface area contributed by atoms with Crippen molar-refractivity contribution in [2.45, 2.75) is 39.6 Å². The lowest BCUT2D eigenvalue weighted by atomic mass is 10.2. The molecule has 1 amide bonds. The number of rotatable bonds is 1. The van der Waals surface area contributed by atoms with E-state index in [1.54, 1.807) is 11.8 Å². The Hall–Kier alpha value is -0.610. The summed E-state index contributed by atoms with van der Waals surface area (Å²) in [6.45, 7) is 9.25. The molecule has 1 aliphatic heterocycles. The van der Waals surface area contributed by atoms with Crippen molar-refractivity contribution in [3.05, 3.63) is 0 Å². The molecule has 0 aromatic carbocycles. The van der Waals surface area contributed by atoms with Crippen LogP contribution in [0.4, 0.5) is 0 Å². The van der Waals surface area contributed by atoms with Crippen molar-refractivity contribution in [3.63, 3.8) is 0 Å². The fourth-order valence-corrected chi connectivity index (χ4v) is 1.37. The number of ether oxygens (including phenoxy) is 2. The van der Waals surface area contributed by atoms with Gasteiger partial charge in [-0.15, -0.1) is 0 Å². The Morgan fingerprint density at radius 3 is 2.64 bits per heavy atom. The van der Waals surface area contributed by atoms with Crippen molar-refractivity contribution in [3.8, 4) is 0 Å². The Labute approximate surface area is 85.2 Å². The van der Waals surface area contributed by atoms with Crippen LogP contribution in [0.25, 0.3) is 0 Å². The topological polar surface area (TPSA) is 38.8 Å². The third-order valence-corrected chi connectivity index (χ3v) is 1.96. The van der Waals surface area contributed by atoms with Crippen LogP contribution in [-0.2, 0) is 14.3 Å². The van der Waals surface area contributed by atoms with Gasteiger partial charge in [-0.3, -0.25) is 4.79 Å². The average Bonchev–Trinajstić information content (AvgIpc) is 2.01. The minimum atomic E-state index is -0.285. The van der Waals surface area contributed by atoms with E-state index in [9.17, 15) is 4.79 Å². The Morgan fingerprint density at radius 2 is 2.14 bits per heavy atom. The molecule has 1 saturated heterocycles. The zero-order valence-corrected chi connectivity index (χ0v) is 9.37. The van der Waals surface area contributed by atoms with Gasteiger partial charge in [-0.1, -0.05) is 0 Å². The fourth-order valence-electron chi connectivity index (χ4n) is 1.37. The summed E-state index contributed by atoms with van der Waals surface area (Å²) in [5.41, 5.74) is -0.232. The highest BCUT2D eigenvalue weighted by Gasteiger charge is 2.26. The molecular weight excluding hydrogens is 182 g/mol. The molecule has 0 N–H and O–H groups in total. The number of hydrogen-bond acceptors (Lipinski definition) is 3. The van der Waals surface area contributed by atoms with Crippen molar-refractivity contribution >= 4 is 5.91 Å². The lowest BCUT2D eigenvalue weighted by Crippen LogP contribution is -2.47. The minimum absolute atomic E-state index is 0.0795. The van der Waals surface area contributed by atoms with Crippen LogP contribution in [-0.4, -0.2) is 42.4 Å². The highest BCUT2D eigenvalue weighted by molar-refractivity contribution is 5.73. The third-order valence-electron chi connectivity index (χ3n) is 1.96. The van der Waals surface area contributed by atoms with Gasteiger partial charge in [0, 0.05) is 13.5 Å². The van der Waals surface area contributed by atoms with Gasteiger partial charge in [-0.25, -0.2) is 0 Å². The first-order valence-corrected chi connectivity index (χ1v) is 4.93. The number of morpholine rings is 1. The second-order valence-corrected chi connectivity index (χ2v) is 4.50. The molecule has 1 aliphatic rings. The molecular formula is C10H19NO3. The number of carbonyl (C=O) groups is 1. The monoisotopic (exact) mass is 201 g/mol. The normalized spacial score (nSPS) is 23.7. The van der Waals surface area contributed by atoms with E-state index in [0.717, 1.165) is 0 Å². The van der Waals surface area contributed by atoms with E-state index in [4.69, 9.17) is 9.47 Å². The minimum Gasteiger partial charge on any atom is -0.349 e. The Kier molecular flexibility index (Phi) is 3.50. The molecule has 0 unspecified atom stereocenters. The van der Waals surface area contributed by atoms with Gasteiger partial charge < -0.3 is 14.4 Å². The number of carbonyl (C=O) groups excluding carboxylic acids is 1. The van der Waals surface area contributed by atoms with Gasteiger partial charge in [0.15, 0.2) is 6.29 Å². The smallest absolute Gasteiger partial charge is 0.219 e. The SMILES string of the molecule is CC(=O)N1CCO[C@@H](OC(C)(C)C)C1. The van der Waals surface area contributed by atoms with Crippen LogP contribution in [0.1, 0.15) is 27.7 Å². The van der Waals surface area contributed by atoms with Gasteiger partial charge in [0.1, 0.15) is 0 Å². The molecule has 0 spiro atoms. The van der Waals surface area contributed by atoms with E-state index in [0.29, 0.717) is 19.7 Å². The second-order valence-electron chi connectivity index (χ2n) is 4.50. The fraction of sp³-hybridized carbons (Fsp3) is 0.900. The Balaban J connectivity index is 2.44. The second kappa shape index (κ2) is 4.28. The molecule has 82 valence electrons. The lowest BCUT2D eigenvalue weighted by molar-refractivity contribution is -0.221. The van der Waals surface area contributed by atoms with Crippen LogP contribution >= 0.6 is 0 Å². The highest BCUT2D eigenvalue weighted by Crippen LogP contribution is 2.15. The zero-order chi connectivity index (χ0) is 10.8. The van der Waals surface area contributed by atoms with Crippen LogP contribution < -0.4 is 0 Å². The molecule has 0 aliphatic carbocycles. The first-order chi connectivity index (χ1) is 6.38. The predicted octanol–water partition coefficient (Wildman–Crippen LogP) is 1.01. The molecule has 1 rings (SSSR count). The summed E-state index contributed by atoms with van der Waals surface area (Å²) in [5.74, 6) is 0.0795. The zero-order valence-electron chi connectivity index (χ0n) is 9.37. The molecule has 0 aromatic rings. The van der Waals surface area contributed by atoms with Gasteiger partial charge in [-0.05, 0) is 20.8 Å². The van der Waals surface area contributed by atoms with E-state index in [1.165, 1.54) is 0 Å². The van der Waals surface area contributed by atoms with E-state index in [2.05, 4.69) is 0 Å². The number of hydrogen-bond donors (Lipinski definition) is 0. The maximum atomic E-state index is 11.1. The van der Waals surface area contributed by atoms with E-state index in [-0.39, 0.29) is 17.8 Å². The van der Waals surface area contributed by atoms with E-state index in [1.807, 2.05) is 20.8 Å². The third kappa shape index (κ3) is 3.64. The summed E-state index contributed by atoms with van der Waals surface area (Å²) < 4.78 is 11.1. The van der Waals surface area contributed by atoms with Crippen molar-refractivity contribution < 1.29 is 14.3 Å². The van der Waals surface area contributed by atoms with Gasteiger partial charge in [0.2, 0.25) is 5.91 Å². The van der Waals surface area contributed by atoms with Crippen LogP contribution in [0.5, 0.6) is 0 Å². The Morgan fingerprint density at radius 1 is 1.50 bits per heavy atom. The van der Waals surface area contributed by atoms with E-state index < -0.39 is 0 Å². The quantitative estimate of drug-likeness (QED) is 0.635. The molecule has 1 heterocycles. The highest BCUT2D eigenvalue weighted by atomic mass is 16.7. The van der Waals surface area contributed by atoms with Crippen molar-refractivity contribution in [1.82, 2.24) is 4.90 Å². The molecule has 0 radical (unpaired) electrons. The van der Waals surface area contributed by atoms with Gasteiger partial charge in [-0.2, -0.15) is 0 Å².